The summed E-state index contributed by atoms with van der Waals surface area (Å²) >= 11 is 12.7. The van der Waals surface area contributed by atoms with Crippen LogP contribution in [-0.2, 0) is 32.6 Å². The van der Waals surface area contributed by atoms with E-state index in [1.54, 1.807) is 60.7 Å². The summed E-state index contributed by atoms with van der Waals surface area (Å²) in [6.07, 6.45) is 5.20. The van der Waals surface area contributed by atoms with Crippen LogP contribution in [0.1, 0.15) is 48.8 Å². The number of rotatable bonds is 12. The van der Waals surface area contributed by atoms with Gasteiger partial charge in [0.25, 0.3) is 10.0 Å². The highest BCUT2D eigenvalue weighted by Crippen LogP contribution is 2.31. The van der Waals surface area contributed by atoms with Crippen molar-refractivity contribution in [1.82, 2.24) is 10.2 Å². The van der Waals surface area contributed by atoms with Gasteiger partial charge in [-0.2, -0.15) is 0 Å². The molecular weight excluding hydrogens is 653 g/mol. The van der Waals surface area contributed by atoms with Gasteiger partial charge < -0.3 is 10.2 Å². The zero-order valence-corrected chi connectivity index (χ0v) is 28.6. The molecule has 47 heavy (non-hydrogen) atoms. The third kappa shape index (κ3) is 8.95. The second-order valence-corrected chi connectivity index (χ2v) is 14.7. The molecule has 0 radical (unpaired) electrons. The monoisotopic (exact) mass is 691 g/mol. The maximum Gasteiger partial charge on any atom is 0.264 e. The number of aryl methyl sites for hydroxylation is 1. The van der Waals surface area contributed by atoms with E-state index in [0.29, 0.717) is 5.02 Å². The van der Waals surface area contributed by atoms with Crippen molar-refractivity contribution in [3.05, 3.63) is 130 Å². The zero-order valence-electron chi connectivity index (χ0n) is 26.3. The largest absolute Gasteiger partial charge is 0.352 e. The minimum Gasteiger partial charge on any atom is -0.352 e. The average molecular weight is 693 g/mol. The molecule has 246 valence electrons. The van der Waals surface area contributed by atoms with Crippen molar-refractivity contribution < 1.29 is 18.0 Å². The van der Waals surface area contributed by atoms with Gasteiger partial charge in [0.15, 0.2) is 0 Å². The van der Waals surface area contributed by atoms with Crippen LogP contribution < -0.4 is 9.62 Å². The lowest BCUT2D eigenvalue weighted by atomic mass is 9.94. The van der Waals surface area contributed by atoms with Crippen LogP contribution in [0.4, 0.5) is 5.69 Å². The Kier molecular flexibility index (Phi) is 11.6. The van der Waals surface area contributed by atoms with E-state index in [2.05, 4.69) is 5.32 Å². The van der Waals surface area contributed by atoms with Crippen LogP contribution in [0.2, 0.25) is 10.0 Å². The molecule has 10 heteroatoms. The smallest absolute Gasteiger partial charge is 0.264 e. The van der Waals surface area contributed by atoms with Crippen molar-refractivity contribution in [1.29, 1.82) is 0 Å². The fraction of sp³-hybridized carbons (Fsp3) is 0.297. The Balaban J connectivity index is 1.56. The Morgan fingerprint density at radius 2 is 1.45 bits per heavy atom. The summed E-state index contributed by atoms with van der Waals surface area (Å²) in [4.78, 5) is 30.3. The molecule has 1 atom stereocenters. The molecule has 1 aliphatic carbocycles. The third-order valence-electron chi connectivity index (χ3n) is 8.50. The summed E-state index contributed by atoms with van der Waals surface area (Å²) in [5, 5.41) is 3.93. The molecule has 0 heterocycles. The molecule has 1 fully saturated rings. The van der Waals surface area contributed by atoms with Crippen molar-refractivity contribution in [3.8, 4) is 0 Å². The van der Waals surface area contributed by atoms with E-state index in [1.165, 1.54) is 17.0 Å². The summed E-state index contributed by atoms with van der Waals surface area (Å²) in [7, 11) is -4.24. The van der Waals surface area contributed by atoms with Gasteiger partial charge in [0.2, 0.25) is 11.8 Å². The van der Waals surface area contributed by atoms with Gasteiger partial charge in [0.05, 0.1) is 15.6 Å². The van der Waals surface area contributed by atoms with Crippen molar-refractivity contribution in [2.75, 3.05) is 10.8 Å². The van der Waals surface area contributed by atoms with E-state index >= 15 is 0 Å². The number of para-hydroxylation sites is 1. The first-order valence-electron chi connectivity index (χ1n) is 15.8. The van der Waals surface area contributed by atoms with Crippen molar-refractivity contribution in [3.63, 3.8) is 0 Å². The normalized spacial score (nSPS) is 14.3. The van der Waals surface area contributed by atoms with Gasteiger partial charge in [0.1, 0.15) is 12.6 Å². The van der Waals surface area contributed by atoms with Gasteiger partial charge >= 0.3 is 0 Å². The average Bonchev–Trinajstić information content (AvgIpc) is 3.07. The number of amides is 2. The summed E-state index contributed by atoms with van der Waals surface area (Å²) in [5.74, 6) is -0.816. The Labute approximate surface area is 287 Å². The molecule has 0 spiro atoms. The standard InChI is InChI=1S/C37H39Cl2N3O4S/c1-27-16-22-32(23-17-27)47(45,46)42(34-15-9-8-14-33(34)39)26-36(43)41(25-29-18-20-30(38)21-19-29)35(24-28-10-4-2-5-11-28)37(44)40-31-12-6-3-7-13-31/h2,4-5,8-11,14-23,31,35H,3,6-7,12-13,24-26H2,1H3,(H,40,44). The lowest BCUT2D eigenvalue weighted by Gasteiger charge is -2.35. The lowest BCUT2D eigenvalue weighted by Crippen LogP contribution is -2.55. The number of hydrogen-bond donors (Lipinski definition) is 1. The molecule has 5 rings (SSSR count). The summed E-state index contributed by atoms with van der Waals surface area (Å²) < 4.78 is 29.5. The number of halogens is 2. The van der Waals surface area contributed by atoms with Crippen LogP contribution in [0.15, 0.2) is 108 Å². The Morgan fingerprint density at radius 3 is 2.11 bits per heavy atom. The van der Waals surface area contributed by atoms with Gasteiger partial charge in [0, 0.05) is 24.0 Å². The van der Waals surface area contributed by atoms with Crippen LogP contribution >= 0.6 is 23.2 Å². The van der Waals surface area contributed by atoms with Crippen molar-refractivity contribution in [2.24, 2.45) is 0 Å². The van der Waals surface area contributed by atoms with E-state index in [4.69, 9.17) is 23.2 Å². The fourth-order valence-corrected chi connectivity index (χ4v) is 7.74. The Hall–Kier alpha value is -3.85. The highest BCUT2D eigenvalue weighted by molar-refractivity contribution is 7.92. The fourth-order valence-electron chi connectivity index (χ4n) is 5.89. The highest BCUT2D eigenvalue weighted by Gasteiger charge is 2.36. The number of nitrogens with one attached hydrogen (secondary N) is 1. The van der Waals surface area contributed by atoms with Crippen molar-refractivity contribution >= 4 is 50.7 Å². The van der Waals surface area contributed by atoms with Crippen LogP contribution in [0.3, 0.4) is 0 Å². The lowest BCUT2D eigenvalue weighted by molar-refractivity contribution is -0.140. The molecular formula is C37H39Cl2N3O4S. The van der Waals surface area contributed by atoms with Crippen LogP contribution in [0.5, 0.6) is 0 Å². The maximum absolute atomic E-state index is 14.6. The molecule has 1 aliphatic rings. The molecule has 1 N–H and O–H groups in total. The molecule has 7 nitrogen and oxygen atoms in total. The topological polar surface area (TPSA) is 86.8 Å². The van der Waals surface area contributed by atoms with E-state index in [9.17, 15) is 18.0 Å². The van der Waals surface area contributed by atoms with Gasteiger partial charge in [-0.1, -0.05) is 115 Å². The summed E-state index contributed by atoms with van der Waals surface area (Å²) in [6.45, 7) is 1.35. The van der Waals surface area contributed by atoms with E-state index in [-0.39, 0.29) is 40.5 Å². The maximum atomic E-state index is 14.6. The Bertz CT molecular complexity index is 1760. The van der Waals surface area contributed by atoms with Gasteiger partial charge in [-0.15, -0.1) is 0 Å². The van der Waals surface area contributed by atoms with Crippen LogP contribution in [0.25, 0.3) is 0 Å². The SMILES string of the molecule is Cc1ccc(S(=O)(=O)N(CC(=O)N(Cc2ccc(Cl)cc2)C(Cc2ccccc2)C(=O)NC2CCCCC2)c2ccccc2Cl)cc1. The molecule has 0 aromatic heterocycles. The van der Waals surface area contributed by atoms with Gasteiger partial charge in [-0.25, -0.2) is 8.42 Å². The first-order chi connectivity index (χ1) is 22.6. The first-order valence-corrected chi connectivity index (χ1v) is 18.0. The molecule has 1 saturated carbocycles. The van der Waals surface area contributed by atoms with E-state index in [1.807, 2.05) is 37.3 Å². The predicted octanol–water partition coefficient (Wildman–Crippen LogP) is 7.59. The van der Waals surface area contributed by atoms with E-state index < -0.39 is 28.5 Å². The second kappa shape index (κ2) is 15.8. The molecule has 0 aliphatic heterocycles. The van der Waals surface area contributed by atoms with Crippen LogP contribution in [0, 0.1) is 6.92 Å². The molecule has 1 unspecified atom stereocenters. The van der Waals surface area contributed by atoms with Crippen LogP contribution in [-0.4, -0.2) is 43.8 Å². The summed E-state index contributed by atoms with van der Waals surface area (Å²) in [6, 6.07) is 28.6. The van der Waals surface area contributed by atoms with Gasteiger partial charge in [-0.05, 0) is 67.3 Å². The number of benzene rings is 4. The minimum absolute atomic E-state index is 0.0172. The third-order valence-corrected chi connectivity index (χ3v) is 10.8. The highest BCUT2D eigenvalue weighted by atomic mass is 35.5. The predicted molar refractivity (Wildman–Crippen MR) is 188 cm³/mol. The van der Waals surface area contributed by atoms with E-state index in [0.717, 1.165) is 53.1 Å². The quantitative estimate of drug-likeness (QED) is 0.166. The Morgan fingerprint density at radius 1 is 0.809 bits per heavy atom. The van der Waals surface area contributed by atoms with Gasteiger partial charge in [-0.3, -0.25) is 13.9 Å². The number of nitrogens with zero attached hydrogens (tertiary/aromatic N) is 2. The molecule has 2 amide bonds. The number of sulfonamides is 1. The number of carbonyl (C=O) groups excluding carboxylic acids is 2. The minimum atomic E-state index is -4.24. The number of hydrogen-bond acceptors (Lipinski definition) is 4. The molecule has 0 bridgehead atoms. The number of carbonyl (C=O) groups is 2. The number of anilines is 1. The molecule has 0 saturated heterocycles. The summed E-state index contributed by atoms with van der Waals surface area (Å²) in [5.41, 5.74) is 2.68. The second-order valence-electron chi connectivity index (χ2n) is 12.0. The first kappa shape index (κ1) is 34.5. The molecule has 4 aromatic carbocycles. The van der Waals surface area contributed by atoms with Crippen molar-refractivity contribution in [2.45, 2.75) is 69.0 Å². The zero-order chi connectivity index (χ0) is 33.4. The molecule has 4 aromatic rings.